The van der Waals surface area contributed by atoms with Crippen LogP contribution in [0.4, 0.5) is 5.00 Å². The first-order chi connectivity index (χ1) is 14.0. The molecule has 1 N–H and O–H groups in total. The minimum absolute atomic E-state index is 0.234. The Labute approximate surface area is 176 Å². The average Bonchev–Trinajstić information content (AvgIpc) is 3.05. The lowest BCUT2D eigenvalue weighted by molar-refractivity contribution is 0.0526. The Morgan fingerprint density at radius 2 is 1.97 bits per heavy atom. The van der Waals surface area contributed by atoms with E-state index in [-0.39, 0.29) is 11.9 Å². The van der Waals surface area contributed by atoms with Crippen LogP contribution >= 0.6 is 11.3 Å². The summed E-state index contributed by atoms with van der Waals surface area (Å²) in [5, 5.41) is 3.54. The van der Waals surface area contributed by atoms with E-state index in [4.69, 9.17) is 9.47 Å². The third-order valence-electron chi connectivity index (χ3n) is 5.10. The lowest BCUT2D eigenvalue weighted by Crippen LogP contribution is -2.16. The molecule has 3 rings (SSSR count). The Morgan fingerprint density at radius 1 is 1.21 bits per heavy atom. The van der Waals surface area contributed by atoms with Crippen LogP contribution in [0.25, 0.3) is 0 Å². The summed E-state index contributed by atoms with van der Waals surface area (Å²) in [5.41, 5.74) is 2.11. The van der Waals surface area contributed by atoms with Crippen molar-refractivity contribution < 1.29 is 19.1 Å². The number of carbonyl (C=O) groups excluding carboxylic acids is 2. The minimum Gasteiger partial charge on any atom is -0.494 e. The van der Waals surface area contributed by atoms with Gasteiger partial charge in [0.05, 0.1) is 18.8 Å². The summed E-state index contributed by atoms with van der Waals surface area (Å²) < 4.78 is 10.9. The Bertz CT molecular complexity index is 857. The number of fused-ring (bicyclic) bond motifs is 1. The van der Waals surface area contributed by atoms with E-state index in [1.165, 1.54) is 16.2 Å². The van der Waals surface area contributed by atoms with Crippen LogP contribution in [-0.2, 0) is 17.6 Å². The molecular weight excluding hydrogens is 386 g/mol. The summed E-state index contributed by atoms with van der Waals surface area (Å²) in [6.45, 7) is 7.11. The maximum Gasteiger partial charge on any atom is 0.341 e. The molecule has 156 valence electrons. The first-order valence-corrected chi connectivity index (χ1v) is 11.2. The first-order valence-electron chi connectivity index (χ1n) is 10.4. The second-order valence-electron chi connectivity index (χ2n) is 7.46. The summed E-state index contributed by atoms with van der Waals surface area (Å²) in [7, 11) is 0. The van der Waals surface area contributed by atoms with Gasteiger partial charge in [0.15, 0.2) is 0 Å². The molecule has 5 nitrogen and oxygen atoms in total. The van der Waals surface area contributed by atoms with E-state index in [0.29, 0.717) is 35.3 Å². The van der Waals surface area contributed by atoms with Crippen LogP contribution in [0.3, 0.4) is 0 Å². The molecule has 0 aliphatic heterocycles. The van der Waals surface area contributed by atoms with E-state index in [1.807, 2.05) is 0 Å². The fourth-order valence-corrected chi connectivity index (χ4v) is 4.86. The third-order valence-corrected chi connectivity index (χ3v) is 6.27. The molecule has 0 bridgehead atoms. The molecule has 1 unspecified atom stereocenters. The fourth-order valence-electron chi connectivity index (χ4n) is 3.47. The molecule has 1 aromatic heterocycles. The molecule has 1 aromatic carbocycles. The molecule has 1 aliphatic rings. The summed E-state index contributed by atoms with van der Waals surface area (Å²) in [6, 6.07) is 7.10. The number of amides is 1. The maximum absolute atomic E-state index is 12.8. The van der Waals surface area contributed by atoms with Gasteiger partial charge in [-0.2, -0.15) is 0 Å². The van der Waals surface area contributed by atoms with Crippen molar-refractivity contribution in [2.75, 3.05) is 18.5 Å². The van der Waals surface area contributed by atoms with Crippen LogP contribution in [0.2, 0.25) is 0 Å². The van der Waals surface area contributed by atoms with E-state index in [9.17, 15) is 9.59 Å². The highest BCUT2D eigenvalue weighted by molar-refractivity contribution is 7.17. The van der Waals surface area contributed by atoms with Crippen LogP contribution in [0.5, 0.6) is 5.75 Å². The van der Waals surface area contributed by atoms with Gasteiger partial charge in [0.1, 0.15) is 10.8 Å². The molecule has 0 saturated carbocycles. The number of ether oxygens (including phenoxy) is 2. The molecule has 0 fully saturated rings. The second-order valence-corrected chi connectivity index (χ2v) is 8.56. The highest BCUT2D eigenvalue weighted by Crippen LogP contribution is 2.40. The van der Waals surface area contributed by atoms with Crippen molar-refractivity contribution in [2.24, 2.45) is 5.92 Å². The number of hydrogen-bond acceptors (Lipinski definition) is 5. The topological polar surface area (TPSA) is 64.6 Å². The van der Waals surface area contributed by atoms with Crippen LogP contribution in [0, 0.1) is 5.92 Å². The monoisotopic (exact) mass is 415 g/mol. The molecular formula is C23H29NO4S. The van der Waals surface area contributed by atoms with Gasteiger partial charge >= 0.3 is 5.97 Å². The van der Waals surface area contributed by atoms with Crippen molar-refractivity contribution >= 4 is 28.2 Å². The SMILES string of the molecule is CCCCOc1ccc(C(=O)Nc2sc3c(c2C(=O)OCC)CCC(C)C3)cc1. The highest BCUT2D eigenvalue weighted by Gasteiger charge is 2.29. The number of carbonyl (C=O) groups is 2. The fraction of sp³-hybridized carbons (Fsp3) is 0.478. The summed E-state index contributed by atoms with van der Waals surface area (Å²) in [4.78, 5) is 26.6. The number of rotatable bonds is 8. The third kappa shape index (κ3) is 5.18. The Balaban J connectivity index is 1.78. The van der Waals surface area contributed by atoms with Gasteiger partial charge in [-0.15, -0.1) is 11.3 Å². The van der Waals surface area contributed by atoms with Crippen LogP contribution < -0.4 is 10.1 Å². The molecule has 1 heterocycles. The number of unbranched alkanes of at least 4 members (excludes halogenated alkanes) is 1. The van der Waals surface area contributed by atoms with Gasteiger partial charge < -0.3 is 14.8 Å². The Kier molecular flexibility index (Phi) is 7.31. The number of esters is 1. The lowest BCUT2D eigenvalue weighted by atomic mass is 9.88. The van der Waals surface area contributed by atoms with Crippen LogP contribution in [-0.4, -0.2) is 25.1 Å². The van der Waals surface area contributed by atoms with Crippen molar-refractivity contribution in [3.8, 4) is 5.75 Å². The molecule has 1 amide bonds. The molecule has 29 heavy (non-hydrogen) atoms. The molecule has 1 aliphatic carbocycles. The molecule has 0 radical (unpaired) electrons. The molecule has 0 saturated heterocycles. The minimum atomic E-state index is -0.352. The number of thiophene rings is 1. The normalized spacial score (nSPS) is 15.5. The van der Waals surface area contributed by atoms with Crippen LogP contribution in [0.1, 0.15) is 71.2 Å². The second kappa shape index (κ2) is 9.92. The zero-order valence-corrected chi connectivity index (χ0v) is 18.2. The number of hydrogen-bond donors (Lipinski definition) is 1. The van der Waals surface area contributed by atoms with Gasteiger partial charge in [-0.3, -0.25) is 4.79 Å². The molecule has 6 heteroatoms. The zero-order chi connectivity index (χ0) is 20.8. The standard InChI is InChI=1S/C23H29NO4S/c1-4-6-13-28-17-10-8-16(9-11-17)21(25)24-22-20(23(26)27-5-2)18-12-7-15(3)14-19(18)29-22/h8-11,15H,4-7,12-14H2,1-3H3,(H,24,25). The lowest BCUT2D eigenvalue weighted by Gasteiger charge is -2.18. The van der Waals surface area contributed by atoms with Crippen LogP contribution in [0.15, 0.2) is 24.3 Å². The van der Waals surface area contributed by atoms with E-state index >= 15 is 0 Å². The Hall–Kier alpha value is -2.34. The van der Waals surface area contributed by atoms with Crippen molar-refractivity contribution in [3.63, 3.8) is 0 Å². The summed E-state index contributed by atoms with van der Waals surface area (Å²) >= 11 is 1.50. The summed E-state index contributed by atoms with van der Waals surface area (Å²) in [5.74, 6) is 0.750. The quantitative estimate of drug-likeness (QED) is 0.458. The van der Waals surface area contributed by atoms with Crippen molar-refractivity contribution in [3.05, 3.63) is 45.8 Å². The van der Waals surface area contributed by atoms with E-state index < -0.39 is 0 Å². The smallest absolute Gasteiger partial charge is 0.341 e. The number of anilines is 1. The molecule has 2 aromatic rings. The van der Waals surface area contributed by atoms with Gasteiger partial charge in [0.25, 0.3) is 5.91 Å². The molecule has 0 spiro atoms. The predicted octanol–water partition coefficient (Wildman–Crippen LogP) is 5.48. The highest BCUT2D eigenvalue weighted by atomic mass is 32.1. The van der Waals surface area contributed by atoms with E-state index in [0.717, 1.165) is 43.4 Å². The van der Waals surface area contributed by atoms with E-state index in [2.05, 4.69) is 19.2 Å². The van der Waals surface area contributed by atoms with Gasteiger partial charge in [-0.1, -0.05) is 20.3 Å². The van der Waals surface area contributed by atoms with E-state index in [1.54, 1.807) is 31.2 Å². The maximum atomic E-state index is 12.8. The van der Waals surface area contributed by atoms with Crippen molar-refractivity contribution in [1.82, 2.24) is 0 Å². The van der Waals surface area contributed by atoms with Gasteiger partial charge in [0.2, 0.25) is 0 Å². The van der Waals surface area contributed by atoms with Gasteiger partial charge in [-0.05, 0) is 68.4 Å². The van der Waals surface area contributed by atoms with Crippen molar-refractivity contribution in [2.45, 2.75) is 52.9 Å². The zero-order valence-electron chi connectivity index (χ0n) is 17.4. The van der Waals surface area contributed by atoms with Crippen molar-refractivity contribution in [1.29, 1.82) is 0 Å². The number of benzene rings is 1. The predicted molar refractivity (Wildman–Crippen MR) is 116 cm³/mol. The first kappa shape index (κ1) is 21.4. The van der Waals surface area contributed by atoms with Gasteiger partial charge in [-0.25, -0.2) is 4.79 Å². The Morgan fingerprint density at radius 3 is 2.66 bits per heavy atom. The largest absolute Gasteiger partial charge is 0.494 e. The average molecular weight is 416 g/mol. The number of nitrogens with one attached hydrogen (secondary N) is 1. The molecule has 1 atom stereocenters. The summed E-state index contributed by atoms with van der Waals surface area (Å²) in [6.07, 6.45) is 4.91. The van der Waals surface area contributed by atoms with Gasteiger partial charge in [0, 0.05) is 10.4 Å².